The normalized spacial score (nSPS) is 9.00. The number of nitro groups is 2. The van der Waals surface area contributed by atoms with Crippen molar-refractivity contribution in [1.82, 2.24) is 0 Å². The molecule has 0 heterocycles. The van der Waals surface area contributed by atoms with Gasteiger partial charge in [0.25, 0.3) is 16.3 Å². The van der Waals surface area contributed by atoms with Crippen LogP contribution in [0.4, 0.5) is 17.1 Å². The van der Waals surface area contributed by atoms with Crippen LogP contribution in [-0.2, 0) is 0 Å². The first kappa shape index (κ1) is 14.4. The quantitative estimate of drug-likeness (QED) is 0.468. The zero-order valence-corrected chi connectivity index (χ0v) is 7.06. The first-order valence-corrected chi connectivity index (χ1v) is 3.52. The van der Waals surface area contributed by atoms with Gasteiger partial charge in [0.05, 0.1) is 33.0 Å². The molecule has 0 bridgehead atoms. The fourth-order valence-corrected chi connectivity index (χ4v) is 0.901. The Hall–Kier alpha value is -1.58. The third kappa shape index (κ3) is 3.22. The van der Waals surface area contributed by atoms with Crippen molar-refractivity contribution < 1.29 is 20.0 Å². The Morgan fingerprint density at radius 2 is 1.19 bits per heavy atom. The van der Waals surface area contributed by atoms with Gasteiger partial charge in [-0.3, -0.25) is 20.2 Å². The summed E-state index contributed by atoms with van der Waals surface area (Å²) >= 11 is 0. The molecule has 80 valence electrons. The monoisotopic (exact) mass is 238 g/mol. The van der Waals surface area contributed by atoms with E-state index >= 15 is 0 Å². The topological polar surface area (TPSA) is 127 Å². The molecule has 1 aromatic rings. The van der Waals surface area contributed by atoms with Gasteiger partial charge in [0.1, 0.15) is 0 Å². The van der Waals surface area contributed by atoms with Crippen LogP contribution < -0.4 is 0 Å². The van der Waals surface area contributed by atoms with Crippen LogP contribution in [0.3, 0.4) is 0 Å². The molecule has 0 saturated heterocycles. The van der Waals surface area contributed by atoms with E-state index in [2.05, 4.69) is 0 Å². The molecule has 1 rings (SSSR count). The number of nitro benzene ring substituents is 2. The van der Waals surface area contributed by atoms with Gasteiger partial charge in [-0.2, -0.15) is 0 Å². The molecule has 10 heteroatoms. The van der Waals surface area contributed by atoms with Crippen molar-refractivity contribution >= 4 is 46.6 Å². The third-order valence-corrected chi connectivity index (χ3v) is 1.53. The number of benzene rings is 1. The van der Waals surface area contributed by atoms with Crippen molar-refractivity contribution in [1.29, 1.82) is 0 Å². The molecule has 16 heavy (non-hydrogen) atoms. The molecule has 0 atom stereocenters. The van der Waals surface area contributed by atoms with E-state index in [1.54, 1.807) is 0 Å². The Bertz CT molecular complexity index is 383. The van der Waals surface area contributed by atoms with Crippen LogP contribution in [0.25, 0.3) is 0 Å². The summed E-state index contributed by atoms with van der Waals surface area (Å²) < 4.78 is 0. The maximum absolute atomic E-state index is 10.4. The summed E-state index contributed by atoms with van der Waals surface area (Å²) in [4.78, 5) is 28.6. The van der Waals surface area contributed by atoms with Gasteiger partial charge in [-0.05, 0) is 0 Å². The first-order chi connectivity index (χ1) is 6.91. The molecule has 0 spiro atoms. The Labute approximate surface area is 110 Å². The van der Waals surface area contributed by atoms with Gasteiger partial charge in [0.15, 0.2) is 0 Å². The van der Waals surface area contributed by atoms with Crippen LogP contribution in [-0.4, -0.2) is 49.5 Å². The second-order valence-corrected chi connectivity index (χ2v) is 2.49. The minimum absolute atomic E-state index is 0. The molecule has 9 nitrogen and oxygen atoms in total. The Balaban J connectivity index is 0.00000225. The molecule has 0 aromatic heterocycles. The molecule has 0 radical (unpaired) electrons. The molecular weight excluding hydrogens is 233 g/mol. The van der Waals surface area contributed by atoms with Gasteiger partial charge in [-0.1, -0.05) is 0 Å². The van der Waals surface area contributed by atoms with Gasteiger partial charge in [-0.25, -0.2) is 5.21 Å². The van der Waals surface area contributed by atoms with Gasteiger partial charge in [0, 0.05) is 0 Å². The molecule has 0 aliphatic heterocycles. The number of hydrogen-bond donors (Lipinski definition) is 1. The van der Waals surface area contributed by atoms with Crippen LogP contribution in [0.5, 0.6) is 0 Å². The van der Waals surface area contributed by atoms with Crippen molar-refractivity contribution in [2.45, 2.75) is 0 Å². The zero-order chi connectivity index (χ0) is 11.6. The molecule has 0 unspecified atom stereocenters. The summed E-state index contributed by atoms with van der Waals surface area (Å²) in [7, 11) is 0. The van der Waals surface area contributed by atoms with E-state index in [0.717, 1.165) is 12.1 Å². The number of rotatable bonds is 3. The van der Waals surface area contributed by atoms with Crippen LogP contribution in [0.2, 0.25) is 0 Å². The first-order valence-electron chi connectivity index (χ1n) is 3.52. The van der Waals surface area contributed by atoms with Crippen molar-refractivity contribution in [3.63, 3.8) is 0 Å². The molecule has 0 amide bonds. The molecular formula is C6H5N3NaO6+. The average molecular weight is 238 g/mol. The molecule has 1 aromatic carbocycles. The van der Waals surface area contributed by atoms with Crippen molar-refractivity contribution in [3.8, 4) is 0 Å². The Morgan fingerprint density at radius 3 is 1.44 bits per heavy atom. The van der Waals surface area contributed by atoms with Crippen LogP contribution >= 0.6 is 0 Å². The zero-order valence-electron chi connectivity index (χ0n) is 7.06. The fourth-order valence-electron chi connectivity index (χ4n) is 0.901. The number of nitrogens with zero attached hydrogens (tertiary/aromatic N) is 3. The molecule has 1 N–H and O–H groups in total. The summed E-state index contributed by atoms with van der Waals surface area (Å²) in [5.41, 5.74) is -1.86. The number of hydrogen-bond acceptors (Lipinski definition) is 5. The standard InChI is InChI=1S/C6H4N3O6.Na.H/c10-7(11)4-1-5(8(12)13)3-6(2-4)9(14)15;;/h1-3H,(H,10,11);;/q+1;;. The summed E-state index contributed by atoms with van der Waals surface area (Å²) in [5.74, 6) is 0. The number of non-ortho nitro benzene ring substituents is 2. The van der Waals surface area contributed by atoms with Crippen LogP contribution in [0.1, 0.15) is 0 Å². The molecule has 0 aliphatic carbocycles. The molecule has 0 saturated carbocycles. The van der Waals surface area contributed by atoms with Crippen molar-refractivity contribution in [3.05, 3.63) is 43.3 Å². The van der Waals surface area contributed by atoms with E-state index < -0.39 is 31.8 Å². The predicted octanol–water partition coefficient (Wildman–Crippen LogP) is 0.654. The minimum atomic E-state index is -0.903. The second kappa shape index (κ2) is 5.49. The van der Waals surface area contributed by atoms with Gasteiger partial charge >= 0.3 is 35.2 Å². The predicted molar refractivity (Wildman–Crippen MR) is 52.0 cm³/mol. The van der Waals surface area contributed by atoms with E-state index in [9.17, 15) is 25.1 Å². The Kier molecular flexibility index (Phi) is 4.95. The average Bonchev–Trinajstić information content (AvgIpc) is 2.16. The van der Waals surface area contributed by atoms with E-state index in [-0.39, 0.29) is 29.6 Å². The summed E-state index contributed by atoms with van der Waals surface area (Å²) in [6.07, 6.45) is 0. The fraction of sp³-hybridized carbons (Fsp3) is 0. The molecule has 0 fully saturated rings. The van der Waals surface area contributed by atoms with Gasteiger partial charge in [0.2, 0.25) is 0 Å². The van der Waals surface area contributed by atoms with Crippen LogP contribution in [0.15, 0.2) is 18.2 Å². The van der Waals surface area contributed by atoms with E-state index in [1.165, 1.54) is 0 Å². The van der Waals surface area contributed by atoms with Crippen LogP contribution in [0, 0.1) is 25.1 Å². The summed E-state index contributed by atoms with van der Waals surface area (Å²) in [5, 5.41) is 29.1. The van der Waals surface area contributed by atoms with E-state index in [4.69, 9.17) is 5.21 Å². The SMILES string of the molecule is O=[N+]([O-])c1cc([N+](=O)[O-])cc([N+](=O)O)c1.[NaH]. The van der Waals surface area contributed by atoms with Crippen molar-refractivity contribution in [2.24, 2.45) is 0 Å². The van der Waals surface area contributed by atoms with Crippen molar-refractivity contribution in [2.75, 3.05) is 0 Å². The van der Waals surface area contributed by atoms with Gasteiger partial charge in [-0.15, -0.1) is 0 Å². The van der Waals surface area contributed by atoms with Gasteiger partial charge < -0.3 is 0 Å². The third-order valence-electron chi connectivity index (χ3n) is 1.53. The van der Waals surface area contributed by atoms with E-state index in [0.29, 0.717) is 6.07 Å². The Morgan fingerprint density at radius 1 is 0.875 bits per heavy atom. The maximum atomic E-state index is 10.4. The van der Waals surface area contributed by atoms with E-state index in [1.807, 2.05) is 0 Å². The summed E-state index contributed by atoms with van der Waals surface area (Å²) in [6, 6.07) is 2.13. The summed E-state index contributed by atoms with van der Waals surface area (Å²) in [6.45, 7) is 0. The second-order valence-electron chi connectivity index (χ2n) is 2.49. The molecule has 0 aliphatic rings.